The van der Waals surface area contributed by atoms with Crippen molar-refractivity contribution < 1.29 is 28.9 Å². The quantitative estimate of drug-likeness (QED) is 0.253. The summed E-state index contributed by atoms with van der Waals surface area (Å²) < 4.78 is 16.9. The number of carbonyl (C=O) groups excluding carboxylic acids is 2. The number of aliphatic hydroxyl groups excluding tert-OH is 1. The highest BCUT2D eigenvalue weighted by Gasteiger charge is 2.46. The van der Waals surface area contributed by atoms with Gasteiger partial charge in [-0.15, -0.1) is 0 Å². The SMILES string of the molecule is CC(C)OCCCN1C(=O)C(=O)/C(=C(\O)c2ccc3c(c2)OCCO3)C1c1ccc(C(C)(C)C)cc1. The average molecular weight is 494 g/mol. The molecular formula is C29H35NO6. The second-order valence-corrected chi connectivity index (χ2v) is 10.5. The lowest BCUT2D eigenvalue weighted by atomic mass is 9.85. The second kappa shape index (κ2) is 10.3. The number of fused-ring (bicyclic) bond motifs is 1. The van der Waals surface area contributed by atoms with Gasteiger partial charge in [-0.1, -0.05) is 45.0 Å². The average Bonchev–Trinajstić information content (AvgIpc) is 3.10. The molecule has 1 fully saturated rings. The van der Waals surface area contributed by atoms with Crippen LogP contribution in [-0.2, 0) is 19.7 Å². The summed E-state index contributed by atoms with van der Waals surface area (Å²) in [6.07, 6.45) is 0.655. The fourth-order valence-corrected chi connectivity index (χ4v) is 4.52. The van der Waals surface area contributed by atoms with Crippen molar-refractivity contribution in [3.05, 3.63) is 64.7 Å². The Labute approximate surface area is 212 Å². The molecule has 0 aliphatic carbocycles. The lowest BCUT2D eigenvalue weighted by Gasteiger charge is -2.27. The predicted molar refractivity (Wildman–Crippen MR) is 137 cm³/mol. The molecule has 2 aromatic rings. The number of carbonyl (C=O) groups is 2. The minimum atomic E-state index is -0.703. The summed E-state index contributed by atoms with van der Waals surface area (Å²) in [4.78, 5) is 28.0. The van der Waals surface area contributed by atoms with Crippen LogP contribution in [0.3, 0.4) is 0 Å². The van der Waals surface area contributed by atoms with Gasteiger partial charge in [-0.05, 0) is 55.0 Å². The number of benzene rings is 2. The fourth-order valence-electron chi connectivity index (χ4n) is 4.52. The molecule has 4 rings (SSSR count). The molecule has 1 amide bonds. The maximum Gasteiger partial charge on any atom is 0.295 e. The standard InChI is InChI=1S/C29H35NO6/c1-18(2)34-14-6-13-30-25(19-7-10-21(11-8-19)29(3,4)5)24(27(32)28(30)33)26(31)20-9-12-22-23(17-20)36-16-15-35-22/h7-12,17-18,25,31H,6,13-16H2,1-5H3/b26-24-. The van der Waals surface area contributed by atoms with Crippen LogP contribution in [0, 0.1) is 0 Å². The zero-order chi connectivity index (χ0) is 26.0. The van der Waals surface area contributed by atoms with Crippen molar-refractivity contribution in [2.45, 2.75) is 58.6 Å². The normalized spacial score (nSPS) is 19.3. The van der Waals surface area contributed by atoms with Crippen molar-refractivity contribution in [1.29, 1.82) is 0 Å². The number of ketones is 1. The second-order valence-electron chi connectivity index (χ2n) is 10.5. The number of aliphatic hydroxyl groups is 1. The van der Waals surface area contributed by atoms with Crippen molar-refractivity contribution in [3.63, 3.8) is 0 Å². The van der Waals surface area contributed by atoms with Gasteiger partial charge in [0.05, 0.1) is 17.7 Å². The molecule has 0 bridgehead atoms. The fraction of sp³-hybridized carbons (Fsp3) is 0.448. The Bertz CT molecular complexity index is 1160. The lowest BCUT2D eigenvalue weighted by molar-refractivity contribution is -0.140. The Kier molecular flexibility index (Phi) is 7.41. The van der Waals surface area contributed by atoms with Gasteiger partial charge < -0.3 is 24.2 Å². The molecule has 2 aliphatic heterocycles. The van der Waals surface area contributed by atoms with Crippen LogP contribution >= 0.6 is 0 Å². The topological polar surface area (TPSA) is 85.3 Å². The number of likely N-dealkylation sites (tertiary alicyclic amines) is 1. The minimum Gasteiger partial charge on any atom is -0.507 e. The Morgan fingerprint density at radius 1 is 1.06 bits per heavy atom. The van der Waals surface area contributed by atoms with Crippen LogP contribution in [0.15, 0.2) is 48.0 Å². The van der Waals surface area contributed by atoms with E-state index in [4.69, 9.17) is 14.2 Å². The predicted octanol–water partition coefficient (Wildman–Crippen LogP) is 4.99. The molecule has 0 saturated carbocycles. The Morgan fingerprint density at radius 3 is 2.36 bits per heavy atom. The Hall–Kier alpha value is -3.32. The lowest BCUT2D eigenvalue weighted by Crippen LogP contribution is -2.31. The van der Waals surface area contributed by atoms with Gasteiger partial charge in [0.25, 0.3) is 11.7 Å². The van der Waals surface area contributed by atoms with E-state index in [1.807, 2.05) is 38.1 Å². The molecule has 0 spiro atoms. The first-order valence-corrected chi connectivity index (χ1v) is 12.5. The minimum absolute atomic E-state index is 0.0419. The van der Waals surface area contributed by atoms with E-state index in [1.54, 1.807) is 23.1 Å². The van der Waals surface area contributed by atoms with Gasteiger partial charge >= 0.3 is 0 Å². The van der Waals surface area contributed by atoms with E-state index in [1.165, 1.54) is 0 Å². The van der Waals surface area contributed by atoms with E-state index in [-0.39, 0.29) is 22.9 Å². The van der Waals surface area contributed by atoms with Gasteiger partial charge in [0, 0.05) is 18.7 Å². The smallest absolute Gasteiger partial charge is 0.295 e. The number of hydrogen-bond acceptors (Lipinski definition) is 6. The molecule has 192 valence electrons. The summed E-state index contributed by atoms with van der Waals surface area (Å²) in [7, 11) is 0. The van der Waals surface area contributed by atoms with E-state index in [0.717, 1.165) is 11.1 Å². The van der Waals surface area contributed by atoms with E-state index in [2.05, 4.69) is 20.8 Å². The van der Waals surface area contributed by atoms with Crippen molar-refractivity contribution in [2.24, 2.45) is 0 Å². The molecule has 1 atom stereocenters. The van der Waals surface area contributed by atoms with Crippen molar-refractivity contribution in [3.8, 4) is 11.5 Å². The van der Waals surface area contributed by atoms with Crippen LogP contribution in [0.5, 0.6) is 11.5 Å². The first-order valence-electron chi connectivity index (χ1n) is 12.5. The van der Waals surface area contributed by atoms with Crippen LogP contribution in [-0.4, -0.2) is 54.2 Å². The van der Waals surface area contributed by atoms with Crippen LogP contribution in [0.2, 0.25) is 0 Å². The molecule has 2 aliphatic rings. The molecular weight excluding hydrogens is 458 g/mol. The molecule has 1 saturated heterocycles. The van der Waals surface area contributed by atoms with Crippen molar-refractivity contribution >= 4 is 17.4 Å². The van der Waals surface area contributed by atoms with Crippen LogP contribution in [0.25, 0.3) is 5.76 Å². The van der Waals surface area contributed by atoms with Gasteiger partial charge in [0.1, 0.15) is 19.0 Å². The number of rotatable bonds is 7. The first-order chi connectivity index (χ1) is 17.1. The summed E-state index contributed by atoms with van der Waals surface area (Å²) in [5.74, 6) is -0.467. The number of ether oxygens (including phenoxy) is 3. The Balaban J connectivity index is 1.75. The molecule has 0 radical (unpaired) electrons. The van der Waals surface area contributed by atoms with Gasteiger partial charge in [-0.25, -0.2) is 0 Å². The third-order valence-electron chi connectivity index (χ3n) is 6.44. The zero-order valence-electron chi connectivity index (χ0n) is 21.7. The molecule has 0 aromatic heterocycles. The van der Waals surface area contributed by atoms with Gasteiger partial charge in [-0.3, -0.25) is 9.59 Å². The summed E-state index contributed by atoms with van der Waals surface area (Å²) >= 11 is 0. The molecule has 2 aromatic carbocycles. The maximum atomic E-state index is 13.3. The summed E-state index contributed by atoms with van der Waals surface area (Å²) in [5, 5.41) is 11.3. The monoisotopic (exact) mass is 493 g/mol. The van der Waals surface area contributed by atoms with Crippen LogP contribution in [0.4, 0.5) is 0 Å². The summed E-state index contributed by atoms with van der Waals surface area (Å²) in [5.41, 5.74) is 2.34. The van der Waals surface area contributed by atoms with E-state index in [0.29, 0.717) is 49.8 Å². The molecule has 2 heterocycles. The van der Waals surface area contributed by atoms with Gasteiger partial charge in [0.2, 0.25) is 0 Å². The third kappa shape index (κ3) is 5.26. The summed E-state index contributed by atoms with van der Waals surface area (Å²) in [6.45, 7) is 12.0. The highest BCUT2D eigenvalue weighted by atomic mass is 16.6. The van der Waals surface area contributed by atoms with Crippen LogP contribution < -0.4 is 9.47 Å². The highest BCUT2D eigenvalue weighted by molar-refractivity contribution is 6.46. The third-order valence-corrected chi connectivity index (χ3v) is 6.44. The molecule has 1 N–H and O–H groups in total. The van der Waals surface area contributed by atoms with Gasteiger partial charge in [0.15, 0.2) is 11.5 Å². The largest absolute Gasteiger partial charge is 0.507 e. The van der Waals surface area contributed by atoms with Crippen LogP contribution in [0.1, 0.15) is 63.8 Å². The van der Waals surface area contributed by atoms with E-state index >= 15 is 0 Å². The van der Waals surface area contributed by atoms with E-state index < -0.39 is 17.7 Å². The zero-order valence-corrected chi connectivity index (χ0v) is 21.7. The number of hydrogen-bond donors (Lipinski definition) is 1. The van der Waals surface area contributed by atoms with Crippen molar-refractivity contribution in [2.75, 3.05) is 26.4 Å². The molecule has 7 nitrogen and oxygen atoms in total. The number of Topliss-reactive ketones (excluding diaryl/α,β-unsaturated/α-hetero) is 1. The van der Waals surface area contributed by atoms with Crippen molar-refractivity contribution in [1.82, 2.24) is 4.90 Å². The van der Waals surface area contributed by atoms with Gasteiger partial charge in [-0.2, -0.15) is 0 Å². The molecule has 7 heteroatoms. The molecule has 1 unspecified atom stereocenters. The highest BCUT2D eigenvalue weighted by Crippen LogP contribution is 2.41. The first kappa shape index (κ1) is 25.8. The Morgan fingerprint density at radius 2 is 1.72 bits per heavy atom. The number of nitrogens with zero attached hydrogens (tertiary/aromatic N) is 1. The summed E-state index contributed by atoms with van der Waals surface area (Å²) in [6, 6.07) is 12.2. The molecule has 36 heavy (non-hydrogen) atoms. The number of amides is 1. The van der Waals surface area contributed by atoms with E-state index in [9.17, 15) is 14.7 Å². The maximum absolute atomic E-state index is 13.3.